The highest BCUT2D eigenvalue weighted by Gasteiger charge is 2.38. The Bertz CT molecular complexity index is 912. The van der Waals surface area contributed by atoms with E-state index in [9.17, 15) is 14.4 Å². The van der Waals surface area contributed by atoms with Gasteiger partial charge in [0.25, 0.3) is 5.91 Å². The molecule has 2 aromatic rings. The second kappa shape index (κ2) is 9.88. The van der Waals surface area contributed by atoms with Gasteiger partial charge in [0.2, 0.25) is 5.91 Å². The molecule has 164 valence electrons. The molecule has 1 fully saturated rings. The van der Waals surface area contributed by atoms with Crippen molar-refractivity contribution in [1.29, 1.82) is 0 Å². The Morgan fingerprint density at radius 2 is 1.68 bits per heavy atom. The molecule has 31 heavy (non-hydrogen) atoms. The molecule has 0 aromatic heterocycles. The summed E-state index contributed by atoms with van der Waals surface area (Å²) < 4.78 is 5.48. The first-order valence-electron chi connectivity index (χ1n) is 10.7. The van der Waals surface area contributed by atoms with Crippen molar-refractivity contribution in [3.63, 3.8) is 0 Å². The van der Waals surface area contributed by atoms with E-state index in [0.29, 0.717) is 18.4 Å². The van der Waals surface area contributed by atoms with E-state index in [1.54, 1.807) is 24.3 Å². The third kappa shape index (κ3) is 5.58. The topological polar surface area (TPSA) is 84.5 Å². The molecular formula is C25H30N2O4. The smallest absolute Gasteiger partial charge is 0.251 e. The maximum Gasteiger partial charge on any atom is 0.251 e. The summed E-state index contributed by atoms with van der Waals surface area (Å²) in [6.07, 6.45) is 0.650. The molecule has 6 nitrogen and oxygen atoms in total. The van der Waals surface area contributed by atoms with Gasteiger partial charge in [-0.2, -0.15) is 0 Å². The Balaban J connectivity index is 1.82. The van der Waals surface area contributed by atoms with Gasteiger partial charge in [0.05, 0.1) is 6.10 Å². The highest BCUT2D eigenvalue weighted by molar-refractivity contribution is 5.99. The molecule has 3 unspecified atom stereocenters. The molecule has 0 spiro atoms. The first-order valence-corrected chi connectivity index (χ1v) is 10.7. The summed E-state index contributed by atoms with van der Waals surface area (Å²) in [5, 5.41) is 5.71. The Labute approximate surface area is 183 Å². The number of ether oxygens (including phenoxy) is 1. The van der Waals surface area contributed by atoms with E-state index in [2.05, 4.69) is 10.6 Å². The summed E-state index contributed by atoms with van der Waals surface area (Å²) in [5.41, 5.74) is 1.16. The second-order valence-electron chi connectivity index (χ2n) is 8.56. The molecule has 2 amide bonds. The SMILES string of the molecule is CCC1OCC(=O)C1NC(=O)C(CC(C)(C)c1ccccc1)NC(=O)c1ccccc1. The van der Waals surface area contributed by atoms with E-state index < -0.39 is 12.1 Å². The molecule has 1 saturated heterocycles. The van der Waals surface area contributed by atoms with Crippen molar-refractivity contribution in [2.24, 2.45) is 0 Å². The Morgan fingerprint density at radius 1 is 1.06 bits per heavy atom. The van der Waals surface area contributed by atoms with Crippen LogP contribution in [0.25, 0.3) is 0 Å². The molecule has 1 aliphatic heterocycles. The summed E-state index contributed by atoms with van der Waals surface area (Å²) in [5.74, 6) is -0.850. The molecule has 0 aliphatic carbocycles. The minimum atomic E-state index is -0.811. The quantitative estimate of drug-likeness (QED) is 0.685. The van der Waals surface area contributed by atoms with Crippen LogP contribution in [0.1, 0.15) is 49.5 Å². The molecule has 2 N–H and O–H groups in total. The number of benzene rings is 2. The maximum absolute atomic E-state index is 13.2. The molecule has 1 aliphatic rings. The number of ketones is 1. The van der Waals surface area contributed by atoms with Gasteiger partial charge in [0.15, 0.2) is 5.78 Å². The van der Waals surface area contributed by atoms with Crippen molar-refractivity contribution in [2.45, 2.75) is 57.2 Å². The van der Waals surface area contributed by atoms with Crippen LogP contribution in [-0.4, -0.2) is 42.4 Å². The zero-order chi connectivity index (χ0) is 22.4. The van der Waals surface area contributed by atoms with E-state index in [-0.39, 0.29) is 35.7 Å². The summed E-state index contributed by atoms with van der Waals surface area (Å²) in [7, 11) is 0. The lowest BCUT2D eigenvalue weighted by molar-refractivity contribution is -0.128. The molecule has 3 rings (SSSR count). The van der Waals surface area contributed by atoms with Crippen molar-refractivity contribution >= 4 is 17.6 Å². The zero-order valence-corrected chi connectivity index (χ0v) is 18.3. The van der Waals surface area contributed by atoms with Crippen LogP contribution in [0.3, 0.4) is 0 Å². The number of nitrogens with one attached hydrogen (secondary N) is 2. The normalized spacial score (nSPS) is 19.6. The highest BCUT2D eigenvalue weighted by atomic mass is 16.5. The van der Waals surface area contributed by atoms with Crippen LogP contribution in [-0.2, 0) is 19.7 Å². The minimum Gasteiger partial charge on any atom is -0.368 e. The summed E-state index contributed by atoms with van der Waals surface area (Å²) in [4.78, 5) is 38.3. The second-order valence-corrected chi connectivity index (χ2v) is 8.56. The van der Waals surface area contributed by atoms with Gasteiger partial charge in [0.1, 0.15) is 18.7 Å². The van der Waals surface area contributed by atoms with Gasteiger partial charge in [-0.15, -0.1) is 0 Å². The zero-order valence-electron chi connectivity index (χ0n) is 18.3. The van der Waals surface area contributed by atoms with Gasteiger partial charge in [-0.1, -0.05) is 69.3 Å². The number of amides is 2. The molecule has 6 heteroatoms. The maximum atomic E-state index is 13.2. The standard InChI is InChI=1S/C25H30N2O4/c1-4-21-22(20(28)16-31-21)27-24(30)19(26-23(29)17-11-7-5-8-12-17)15-25(2,3)18-13-9-6-10-14-18/h5-14,19,21-22H,4,15-16H2,1-3H3,(H,26,29)(H,27,30). The lowest BCUT2D eigenvalue weighted by atomic mass is 9.78. The number of hydrogen-bond donors (Lipinski definition) is 2. The van der Waals surface area contributed by atoms with E-state index in [1.165, 1.54) is 0 Å². The van der Waals surface area contributed by atoms with E-state index in [0.717, 1.165) is 5.56 Å². The molecule has 3 atom stereocenters. The molecule has 0 bridgehead atoms. The Morgan fingerprint density at radius 3 is 2.29 bits per heavy atom. The van der Waals surface area contributed by atoms with E-state index in [1.807, 2.05) is 57.2 Å². The van der Waals surface area contributed by atoms with Gasteiger partial charge in [-0.25, -0.2) is 0 Å². The number of carbonyl (C=O) groups excluding carboxylic acids is 3. The average molecular weight is 423 g/mol. The lowest BCUT2D eigenvalue weighted by Crippen LogP contribution is -2.54. The van der Waals surface area contributed by atoms with Crippen LogP contribution in [0.4, 0.5) is 0 Å². The van der Waals surface area contributed by atoms with Crippen molar-refractivity contribution < 1.29 is 19.1 Å². The number of hydrogen-bond acceptors (Lipinski definition) is 4. The van der Waals surface area contributed by atoms with Crippen molar-refractivity contribution in [3.8, 4) is 0 Å². The van der Waals surface area contributed by atoms with E-state index in [4.69, 9.17) is 4.74 Å². The Kier molecular flexibility index (Phi) is 7.23. The highest BCUT2D eigenvalue weighted by Crippen LogP contribution is 2.28. The first-order chi connectivity index (χ1) is 14.8. The van der Waals surface area contributed by atoms with Crippen LogP contribution in [0, 0.1) is 0 Å². The number of rotatable bonds is 8. The predicted octanol–water partition coefficient (Wildman–Crippen LogP) is 3.02. The minimum absolute atomic E-state index is 0.00000285. The predicted molar refractivity (Wildman–Crippen MR) is 119 cm³/mol. The van der Waals surface area contributed by atoms with Crippen molar-refractivity contribution in [3.05, 3.63) is 71.8 Å². The van der Waals surface area contributed by atoms with Gasteiger partial charge >= 0.3 is 0 Å². The van der Waals surface area contributed by atoms with Crippen LogP contribution in [0.5, 0.6) is 0 Å². The van der Waals surface area contributed by atoms with Crippen LogP contribution < -0.4 is 10.6 Å². The summed E-state index contributed by atoms with van der Waals surface area (Å²) >= 11 is 0. The van der Waals surface area contributed by atoms with Crippen molar-refractivity contribution in [1.82, 2.24) is 10.6 Å². The van der Waals surface area contributed by atoms with Gasteiger partial charge in [0, 0.05) is 5.56 Å². The monoisotopic (exact) mass is 422 g/mol. The number of carbonyl (C=O) groups is 3. The molecule has 2 aromatic carbocycles. The lowest BCUT2D eigenvalue weighted by Gasteiger charge is -2.31. The van der Waals surface area contributed by atoms with Crippen LogP contribution in [0.2, 0.25) is 0 Å². The van der Waals surface area contributed by atoms with Gasteiger partial charge in [-0.05, 0) is 36.0 Å². The molecular weight excluding hydrogens is 392 g/mol. The Hall–Kier alpha value is -2.99. The molecule has 1 heterocycles. The summed E-state index contributed by atoms with van der Waals surface area (Å²) in [6, 6.07) is 17.2. The van der Waals surface area contributed by atoms with Gasteiger partial charge in [-0.3, -0.25) is 14.4 Å². The average Bonchev–Trinajstić information content (AvgIpc) is 3.13. The fraction of sp³-hybridized carbons (Fsp3) is 0.400. The molecule has 0 radical (unpaired) electrons. The third-order valence-corrected chi connectivity index (χ3v) is 5.79. The van der Waals surface area contributed by atoms with Crippen LogP contribution >= 0.6 is 0 Å². The van der Waals surface area contributed by atoms with Gasteiger partial charge < -0.3 is 15.4 Å². The molecule has 0 saturated carbocycles. The summed E-state index contributed by atoms with van der Waals surface area (Å²) in [6.45, 7) is 5.99. The van der Waals surface area contributed by atoms with Crippen LogP contribution in [0.15, 0.2) is 60.7 Å². The third-order valence-electron chi connectivity index (χ3n) is 5.79. The fourth-order valence-electron chi connectivity index (χ4n) is 3.92. The fourth-order valence-corrected chi connectivity index (χ4v) is 3.92. The van der Waals surface area contributed by atoms with E-state index >= 15 is 0 Å². The largest absolute Gasteiger partial charge is 0.368 e. The first kappa shape index (κ1) is 22.7. The number of Topliss-reactive ketones (excluding diaryl/α,β-unsaturated/α-hetero) is 1. The van der Waals surface area contributed by atoms with Crippen molar-refractivity contribution in [2.75, 3.05) is 6.61 Å².